The maximum Gasteiger partial charge on any atom is 0.140 e. The number of fused-ring (bicyclic) bond motifs is 1. The average Bonchev–Trinajstić information content (AvgIpc) is 2.70. The molecular weight excluding hydrogens is 184 g/mol. The zero-order chi connectivity index (χ0) is 10.7. The molecule has 2 heteroatoms. The van der Waals surface area contributed by atoms with Crippen LogP contribution in [-0.4, -0.2) is 9.55 Å². The van der Waals surface area contributed by atoms with E-state index in [4.69, 9.17) is 0 Å². The van der Waals surface area contributed by atoms with Crippen LogP contribution in [0.1, 0.15) is 39.2 Å². The molecule has 2 rings (SSSR count). The van der Waals surface area contributed by atoms with Crippen molar-refractivity contribution >= 4 is 11.0 Å². The number of rotatable bonds is 4. The predicted molar refractivity (Wildman–Crippen MR) is 64.0 cm³/mol. The Hall–Kier alpha value is -1.31. The second-order valence-electron chi connectivity index (χ2n) is 3.99. The summed E-state index contributed by atoms with van der Waals surface area (Å²) < 4.78 is 2.32. The normalized spacial score (nSPS) is 13.2. The lowest BCUT2D eigenvalue weighted by Crippen LogP contribution is -2.06. The summed E-state index contributed by atoms with van der Waals surface area (Å²) in [5.74, 6) is 0. The predicted octanol–water partition coefficient (Wildman–Crippen LogP) is 3.79. The van der Waals surface area contributed by atoms with Gasteiger partial charge in [-0.05, 0) is 31.0 Å². The lowest BCUT2D eigenvalue weighted by atomic mass is 10.1. The van der Waals surface area contributed by atoms with Gasteiger partial charge in [-0.15, -0.1) is 0 Å². The van der Waals surface area contributed by atoms with Crippen LogP contribution in [0.15, 0.2) is 30.6 Å². The Balaban J connectivity index is 2.41. The molecule has 0 bridgehead atoms. The summed E-state index contributed by atoms with van der Waals surface area (Å²) in [7, 11) is 0. The molecule has 2 aromatic heterocycles. The van der Waals surface area contributed by atoms with Gasteiger partial charge < -0.3 is 4.57 Å². The Kier molecular flexibility index (Phi) is 3.05. The fourth-order valence-corrected chi connectivity index (χ4v) is 2.15. The van der Waals surface area contributed by atoms with Crippen molar-refractivity contribution < 1.29 is 0 Å². The molecule has 0 spiro atoms. The smallest absolute Gasteiger partial charge is 0.140 e. The highest BCUT2D eigenvalue weighted by Gasteiger charge is 2.10. The van der Waals surface area contributed by atoms with Gasteiger partial charge in [0.1, 0.15) is 5.65 Å². The molecule has 80 valence electrons. The van der Waals surface area contributed by atoms with E-state index in [1.807, 2.05) is 12.3 Å². The molecular formula is C13H18N2. The third-order valence-electron chi connectivity index (χ3n) is 2.96. The molecule has 0 radical (unpaired) electrons. The van der Waals surface area contributed by atoms with Gasteiger partial charge in [0, 0.05) is 23.8 Å². The van der Waals surface area contributed by atoms with E-state index in [9.17, 15) is 0 Å². The highest BCUT2D eigenvalue weighted by molar-refractivity contribution is 5.75. The monoisotopic (exact) mass is 202 g/mol. The number of pyridine rings is 1. The Morgan fingerprint density at radius 3 is 2.93 bits per heavy atom. The molecule has 0 saturated heterocycles. The van der Waals surface area contributed by atoms with Crippen molar-refractivity contribution in [3.63, 3.8) is 0 Å². The topological polar surface area (TPSA) is 17.8 Å². The standard InChI is InChI=1S/C13H18N2/c1-3-6-12(4-2)15-10-8-11-7-5-9-14-13(11)15/h5,7-10,12H,3-4,6H2,1-2H3. The Morgan fingerprint density at radius 2 is 2.20 bits per heavy atom. The highest BCUT2D eigenvalue weighted by atomic mass is 15.0. The molecule has 15 heavy (non-hydrogen) atoms. The molecule has 2 nitrogen and oxygen atoms in total. The van der Waals surface area contributed by atoms with E-state index < -0.39 is 0 Å². The van der Waals surface area contributed by atoms with Crippen LogP contribution in [-0.2, 0) is 0 Å². The van der Waals surface area contributed by atoms with E-state index in [-0.39, 0.29) is 0 Å². The van der Waals surface area contributed by atoms with Gasteiger partial charge in [0.15, 0.2) is 0 Å². The fourth-order valence-electron chi connectivity index (χ4n) is 2.15. The molecule has 0 aromatic carbocycles. The number of hydrogen-bond acceptors (Lipinski definition) is 1. The van der Waals surface area contributed by atoms with Gasteiger partial charge in [0.05, 0.1) is 0 Å². The van der Waals surface area contributed by atoms with Gasteiger partial charge in [0.25, 0.3) is 0 Å². The lowest BCUT2D eigenvalue weighted by Gasteiger charge is -2.16. The quantitative estimate of drug-likeness (QED) is 0.737. The molecule has 0 aliphatic carbocycles. The number of nitrogens with zero attached hydrogens (tertiary/aromatic N) is 2. The second kappa shape index (κ2) is 4.47. The van der Waals surface area contributed by atoms with Gasteiger partial charge >= 0.3 is 0 Å². The molecule has 0 amide bonds. The molecule has 2 heterocycles. The molecule has 1 atom stereocenters. The van der Waals surface area contributed by atoms with Crippen molar-refractivity contribution in [2.45, 2.75) is 39.2 Å². The molecule has 0 aliphatic rings. The van der Waals surface area contributed by atoms with Crippen LogP contribution in [0.2, 0.25) is 0 Å². The van der Waals surface area contributed by atoms with Gasteiger partial charge in [-0.1, -0.05) is 20.3 Å². The molecule has 0 fully saturated rings. The largest absolute Gasteiger partial charge is 0.329 e. The van der Waals surface area contributed by atoms with E-state index in [0.29, 0.717) is 6.04 Å². The van der Waals surface area contributed by atoms with E-state index in [2.05, 4.69) is 41.7 Å². The zero-order valence-electron chi connectivity index (χ0n) is 9.48. The maximum atomic E-state index is 4.46. The van der Waals surface area contributed by atoms with Crippen molar-refractivity contribution in [2.75, 3.05) is 0 Å². The summed E-state index contributed by atoms with van der Waals surface area (Å²) in [6.45, 7) is 4.48. The maximum absolute atomic E-state index is 4.46. The number of hydrogen-bond donors (Lipinski definition) is 0. The molecule has 0 saturated carbocycles. The summed E-state index contributed by atoms with van der Waals surface area (Å²) in [6, 6.07) is 6.87. The Bertz CT molecular complexity index is 431. The lowest BCUT2D eigenvalue weighted by molar-refractivity contribution is 0.458. The minimum atomic E-state index is 0.599. The first kappa shape index (κ1) is 10.2. The van der Waals surface area contributed by atoms with Gasteiger partial charge in [0.2, 0.25) is 0 Å². The second-order valence-corrected chi connectivity index (χ2v) is 3.99. The van der Waals surface area contributed by atoms with Crippen LogP contribution in [0.3, 0.4) is 0 Å². The summed E-state index contributed by atoms with van der Waals surface area (Å²) in [4.78, 5) is 4.46. The van der Waals surface area contributed by atoms with Crippen LogP contribution in [0.5, 0.6) is 0 Å². The van der Waals surface area contributed by atoms with Gasteiger partial charge in [-0.25, -0.2) is 4.98 Å². The number of aromatic nitrogens is 2. The van der Waals surface area contributed by atoms with E-state index in [0.717, 1.165) is 5.65 Å². The van der Waals surface area contributed by atoms with Crippen molar-refractivity contribution in [3.8, 4) is 0 Å². The first-order valence-corrected chi connectivity index (χ1v) is 5.78. The van der Waals surface area contributed by atoms with Crippen molar-refractivity contribution in [1.82, 2.24) is 9.55 Å². The minimum absolute atomic E-state index is 0.599. The minimum Gasteiger partial charge on any atom is -0.329 e. The third kappa shape index (κ3) is 1.89. The van der Waals surface area contributed by atoms with E-state index in [1.54, 1.807) is 0 Å². The molecule has 2 aromatic rings. The van der Waals surface area contributed by atoms with Gasteiger partial charge in [-0.3, -0.25) is 0 Å². The first-order chi connectivity index (χ1) is 7.36. The first-order valence-electron chi connectivity index (χ1n) is 5.78. The molecule has 1 unspecified atom stereocenters. The van der Waals surface area contributed by atoms with E-state index >= 15 is 0 Å². The van der Waals surface area contributed by atoms with Crippen LogP contribution >= 0.6 is 0 Å². The SMILES string of the molecule is CCCC(CC)n1ccc2cccnc21. The van der Waals surface area contributed by atoms with Crippen LogP contribution < -0.4 is 0 Å². The van der Waals surface area contributed by atoms with Crippen LogP contribution in [0, 0.1) is 0 Å². The van der Waals surface area contributed by atoms with Crippen molar-refractivity contribution in [1.29, 1.82) is 0 Å². The van der Waals surface area contributed by atoms with Crippen LogP contribution in [0.4, 0.5) is 0 Å². The Labute approximate surface area is 90.9 Å². The van der Waals surface area contributed by atoms with Crippen molar-refractivity contribution in [2.24, 2.45) is 0 Å². The summed E-state index contributed by atoms with van der Waals surface area (Å²) in [5, 5.41) is 1.24. The summed E-state index contributed by atoms with van der Waals surface area (Å²) in [6.07, 6.45) is 7.68. The average molecular weight is 202 g/mol. The fraction of sp³-hybridized carbons (Fsp3) is 0.462. The molecule has 0 N–H and O–H groups in total. The van der Waals surface area contributed by atoms with E-state index in [1.165, 1.54) is 24.6 Å². The van der Waals surface area contributed by atoms with Crippen LogP contribution in [0.25, 0.3) is 11.0 Å². The highest BCUT2D eigenvalue weighted by Crippen LogP contribution is 2.23. The van der Waals surface area contributed by atoms with Gasteiger partial charge in [-0.2, -0.15) is 0 Å². The Morgan fingerprint density at radius 1 is 1.33 bits per heavy atom. The molecule has 0 aliphatic heterocycles. The summed E-state index contributed by atoms with van der Waals surface area (Å²) in [5.41, 5.74) is 1.12. The summed E-state index contributed by atoms with van der Waals surface area (Å²) >= 11 is 0. The zero-order valence-corrected chi connectivity index (χ0v) is 9.48. The van der Waals surface area contributed by atoms with Crippen molar-refractivity contribution in [3.05, 3.63) is 30.6 Å². The third-order valence-corrected chi connectivity index (χ3v) is 2.96.